The Morgan fingerprint density at radius 1 is 1.39 bits per heavy atom. The van der Waals surface area contributed by atoms with Crippen molar-refractivity contribution in [2.45, 2.75) is 6.54 Å². The van der Waals surface area contributed by atoms with E-state index in [1.165, 1.54) is 11.3 Å². The number of hydrogen-bond acceptors (Lipinski definition) is 4. The van der Waals surface area contributed by atoms with Gasteiger partial charge in [0.15, 0.2) is 0 Å². The molecule has 0 unspecified atom stereocenters. The number of amides is 2. The van der Waals surface area contributed by atoms with Crippen molar-refractivity contribution in [1.29, 1.82) is 0 Å². The lowest BCUT2D eigenvalue weighted by atomic mass is 10.5. The zero-order valence-electron chi connectivity index (χ0n) is 9.44. The Bertz CT molecular complexity index is 410. The molecular weight excluding hydrogens is 280 g/mol. The lowest BCUT2D eigenvalue weighted by molar-refractivity contribution is -0.142. The predicted molar refractivity (Wildman–Crippen MR) is 68.0 cm³/mol. The monoisotopic (exact) mass is 292 g/mol. The first-order chi connectivity index (χ1) is 8.58. The first-order valence-corrected chi connectivity index (χ1v) is 6.33. The van der Waals surface area contributed by atoms with Crippen LogP contribution in [0.1, 0.15) is 4.88 Å². The van der Waals surface area contributed by atoms with Gasteiger partial charge in [0, 0.05) is 11.4 Å². The van der Waals surface area contributed by atoms with Gasteiger partial charge in [-0.15, -0.1) is 11.3 Å². The normalized spacial score (nSPS) is 10.1. The highest BCUT2D eigenvalue weighted by atomic mass is 35.5. The van der Waals surface area contributed by atoms with Gasteiger partial charge in [-0.05, 0) is 12.1 Å². The summed E-state index contributed by atoms with van der Waals surface area (Å²) in [5, 5.41) is 13.5. The molecule has 0 fully saturated rings. The quantitative estimate of drug-likeness (QED) is 0.661. The van der Waals surface area contributed by atoms with Gasteiger partial charge in [0.1, 0.15) is 6.61 Å². The predicted octanol–water partition coefficient (Wildman–Crippen LogP) is 1.30. The second-order valence-electron chi connectivity index (χ2n) is 3.26. The molecule has 1 aromatic rings. The Morgan fingerprint density at radius 2 is 2.17 bits per heavy atom. The van der Waals surface area contributed by atoms with Gasteiger partial charge in [0.05, 0.1) is 17.5 Å². The minimum atomic E-state index is -1.03. The topological polar surface area (TPSA) is 87.7 Å². The number of ether oxygens (including phenoxy) is 1. The van der Waals surface area contributed by atoms with Crippen molar-refractivity contribution in [1.82, 2.24) is 10.6 Å². The van der Waals surface area contributed by atoms with Crippen molar-refractivity contribution in [3.05, 3.63) is 21.3 Å². The van der Waals surface area contributed by atoms with Gasteiger partial charge < -0.3 is 20.5 Å². The second-order valence-corrected chi connectivity index (χ2v) is 5.06. The van der Waals surface area contributed by atoms with Crippen LogP contribution in [0.4, 0.5) is 4.79 Å². The van der Waals surface area contributed by atoms with Crippen molar-refractivity contribution >= 4 is 34.9 Å². The molecule has 3 N–H and O–H groups in total. The van der Waals surface area contributed by atoms with E-state index in [1.807, 2.05) is 6.07 Å². The fourth-order valence-corrected chi connectivity index (χ4v) is 2.10. The molecule has 0 aliphatic rings. The molecule has 0 atom stereocenters. The van der Waals surface area contributed by atoms with E-state index >= 15 is 0 Å². The highest BCUT2D eigenvalue weighted by Crippen LogP contribution is 2.20. The molecule has 0 saturated heterocycles. The van der Waals surface area contributed by atoms with Crippen LogP contribution >= 0.6 is 22.9 Å². The van der Waals surface area contributed by atoms with E-state index in [0.29, 0.717) is 10.9 Å². The van der Waals surface area contributed by atoms with E-state index in [0.717, 1.165) is 4.88 Å². The molecule has 0 aliphatic heterocycles. The Balaban J connectivity index is 2.05. The number of halogens is 1. The van der Waals surface area contributed by atoms with Gasteiger partial charge >= 0.3 is 12.0 Å². The van der Waals surface area contributed by atoms with E-state index in [4.69, 9.17) is 21.4 Å². The number of hydrogen-bond donors (Lipinski definition) is 3. The number of nitrogens with one attached hydrogen (secondary N) is 2. The summed E-state index contributed by atoms with van der Waals surface area (Å²) in [6.45, 7) is 0.449. The maximum atomic E-state index is 11.3. The van der Waals surface area contributed by atoms with E-state index in [9.17, 15) is 9.59 Å². The van der Waals surface area contributed by atoms with Crippen molar-refractivity contribution in [2.75, 3.05) is 19.8 Å². The SMILES string of the molecule is O=C(O)COCCNC(=O)NCc1ccc(Cl)s1. The molecule has 1 heterocycles. The summed E-state index contributed by atoms with van der Waals surface area (Å²) >= 11 is 7.14. The molecule has 0 spiro atoms. The van der Waals surface area contributed by atoms with E-state index in [-0.39, 0.29) is 25.8 Å². The maximum Gasteiger partial charge on any atom is 0.329 e. The summed E-state index contributed by atoms with van der Waals surface area (Å²) in [6.07, 6.45) is 0. The number of thiophene rings is 1. The summed E-state index contributed by atoms with van der Waals surface area (Å²) in [5.74, 6) is -1.03. The number of rotatable bonds is 7. The van der Waals surface area contributed by atoms with Gasteiger partial charge in [-0.25, -0.2) is 9.59 Å². The lowest BCUT2D eigenvalue weighted by Gasteiger charge is -2.06. The van der Waals surface area contributed by atoms with Gasteiger partial charge in [0.2, 0.25) is 0 Å². The molecular formula is C10H13ClN2O4S. The van der Waals surface area contributed by atoms with Crippen LogP contribution in [0.2, 0.25) is 4.34 Å². The van der Waals surface area contributed by atoms with Crippen LogP contribution in [0.15, 0.2) is 12.1 Å². The van der Waals surface area contributed by atoms with Crippen LogP contribution in [0, 0.1) is 0 Å². The molecule has 1 aromatic heterocycles. The fraction of sp³-hybridized carbons (Fsp3) is 0.400. The third kappa shape index (κ3) is 6.43. The Hall–Kier alpha value is -1.31. The summed E-state index contributed by atoms with van der Waals surface area (Å²) in [4.78, 5) is 22.4. The number of urea groups is 1. The lowest BCUT2D eigenvalue weighted by Crippen LogP contribution is -2.36. The third-order valence-electron chi connectivity index (χ3n) is 1.81. The number of carboxylic acid groups (broad SMARTS) is 1. The molecule has 18 heavy (non-hydrogen) atoms. The smallest absolute Gasteiger partial charge is 0.329 e. The Labute approximate surface area is 113 Å². The van der Waals surface area contributed by atoms with E-state index < -0.39 is 5.97 Å². The molecule has 0 aliphatic carbocycles. The number of carbonyl (C=O) groups excluding carboxylic acids is 1. The van der Waals surface area contributed by atoms with Crippen LogP contribution in [0.3, 0.4) is 0 Å². The molecule has 0 aromatic carbocycles. The van der Waals surface area contributed by atoms with Crippen LogP contribution in [0.25, 0.3) is 0 Å². The average Bonchev–Trinajstić information content (AvgIpc) is 2.71. The second kappa shape index (κ2) is 7.91. The minimum Gasteiger partial charge on any atom is -0.480 e. The van der Waals surface area contributed by atoms with Crippen LogP contribution in [0.5, 0.6) is 0 Å². The zero-order chi connectivity index (χ0) is 13.4. The Kier molecular flexibility index (Phi) is 6.48. The molecule has 0 bridgehead atoms. The number of carbonyl (C=O) groups is 2. The van der Waals surface area contributed by atoms with E-state index in [2.05, 4.69) is 10.6 Å². The van der Waals surface area contributed by atoms with Gasteiger partial charge in [-0.2, -0.15) is 0 Å². The minimum absolute atomic E-state index is 0.157. The highest BCUT2D eigenvalue weighted by molar-refractivity contribution is 7.16. The van der Waals surface area contributed by atoms with Gasteiger partial charge in [-0.3, -0.25) is 0 Å². The third-order valence-corrected chi connectivity index (χ3v) is 3.04. The zero-order valence-corrected chi connectivity index (χ0v) is 11.0. The maximum absolute atomic E-state index is 11.3. The molecule has 2 amide bonds. The van der Waals surface area contributed by atoms with E-state index in [1.54, 1.807) is 6.07 Å². The van der Waals surface area contributed by atoms with Crippen LogP contribution in [-0.2, 0) is 16.1 Å². The fourth-order valence-electron chi connectivity index (χ4n) is 1.07. The molecule has 8 heteroatoms. The van der Waals surface area contributed by atoms with Gasteiger partial charge in [-0.1, -0.05) is 11.6 Å². The van der Waals surface area contributed by atoms with Crippen molar-refractivity contribution in [3.8, 4) is 0 Å². The van der Waals surface area contributed by atoms with Crippen molar-refractivity contribution in [3.63, 3.8) is 0 Å². The average molecular weight is 293 g/mol. The first-order valence-electron chi connectivity index (χ1n) is 5.13. The standard InChI is InChI=1S/C10H13ClN2O4S/c11-8-2-1-7(18-8)5-13-10(16)12-3-4-17-6-9(14)15/h1-2H,3-6H2,(H,14,15)(H2,12,13,16). The van der Waals surface area contributed by atoms with Crippen molar-refractivity contribution in [2.24, 2.45) is 0 Å². The summed E-state index contributed by atoms with van der Waals surface area (Å²) in [7, 11) is 0. The summed E-state index contributed by atoms with van der Waals surface area (Å²) < 4.78 is 5.43. The highest BCUT2D eigenvalue weighted by Gasteiger charge is 2.02. The number of carboxylic acids is 1. The largest absolute Gasteiger partial charge is 0.480 e. The number of aliphatic carboxylic acids is 1. The van der Waals surface area contributed by atoms with Crippen LogP contribution in [-0.4, -0.2) is 36.9 Å². The van der Waals surface area contributed by atoms with Crippen molar-refractivity contribution < 1.29 is 19.4 Å². The first kappa shape index (κ1) is 14.7. The summed E-state index contributed by atoms with van der Waals surface area (Å²) in [6, 6.07) is 3.27. The molecule has 100 valence electrons. The van der Waals surface area contributed by atoms with Crippen LogP contribution < -0.4 is 10.6 Å². The van der Waals surface area contributed by atoms with Gasteiger partial charge in [0.25, 0.3) is 0 Å². The Morgan fingerprint density at radius 3 is 2.78 bits per heavy atom. The molecule has 0 saturated carbocycles. The molecule has 0 radical (unpaired) electrons. The molecule has 6 nitrogen and oxygen atoms in total. The molecule has 1 rings (SSSR count). The summed E-state index contributed by atoms with van der Waals surface area (Å²) in [5.41, 5.74) is 0.